The van der Waals surface area contributed by atoms with E-state index in [0.717, 1.165) is 16.1 Å². The highest BCUT2D eigenvalue weighted by molar-refractivity contribution is 9.10. The maximum atomic E-state index is 12.2. The third kappa shape index (κ3) is 3.38. The summed E-state index contributed by atoms with van der Waals surface area (Å²) in [5.74, 6) is -0.431. The molecule has 108 valence electrons. The molecule has 6 nitrogen and oxygen atoms in total. The Balaban J connectivity index is 2.30. The summed E-state index contributed by atoms with van der Waals surface area (Å²) in [5.41, 5.74) is 6.94. The molecule has 0 bridgehead atoms. The van der Waals surface area contributed by atoms with Crippen molar-refractivity contribution in [3.63, 3.8) is 0 Å². The molecule has 0 aliphatic heterocycles. The Hall–Kier alpha value is -2.41. The lowest BCUT2D eigenvalue weighted by Crippen LogP contribution is -2.13. The minimum absolute atomic E-state index is 0.0233. The molecule has 2 rings (SSSR count). The fourth-order valence-corrected chi connectivity index (χ4v) is 2.13. The molecule has 0 aliphatic carbocycles. The monoisotopic (exact) mass is 349 g/mol. The summed E-state index contributed by atoms with van der Waals surface area (Å²) in [6.07, 6.45) is 0. The predicted molar refractivity (Wildman–Crippen MR) is 84.3 cm³/mol. The number of carbonyl (C=O) groups is 1. The average Bonchev–Trinajstić information content (AvgIpc) is 2.43. The number of benzene rings is 2. The number of aryl methyl sites for hydroxylation is 1. The molecule has 0 radical (unpaired) electrons. The Morgan fingerprint density at radius 3 is 2.67 bits per heavy atom. The van der Waals surface area contributed by atoms with Crippen LogP contribution in [0, 0.1) is 17.0 Å². The van der Waals surface area contributed by atoms with Crippen molar-refractivity contribution >= 4 is 38.9 Å². The number of nitro benzene ring substituents is 1. The van der Waals surface area contributed by atoms with Crippen molar-refractivity contribution in [1.82, 2.24) is 0 Å². The number of hydrogen-bond donors (Lipinski definition) is 2. The Kier molecular flexibility index (Phi) is 4.23. The summed E-state index contributed by atoms with van der Waals surface area (Å²) < 4.78 is 0.826. The zero-order chi connectivity index (χ0) is 15.6. The molecule has 0 unspecified atom stereocenters. The van der Waals surface area contributed by atoms with E-state index in [1.165, 1.54) is 12.1 Å². The lowest BCUT2D eigenvalue weighted by atomic mass is 10.1. The number of halogens is 1. The quantitative estimate of drug-likeness (QED) is 0.503. The maximum absolute atomic E-state index is 12.2. The van der Waals surface area contributed by atoms with Crippen LogP contribution in [0.25, 0.3) is 0 Å². The Morgan fingerprint density at radius 1 is 1.29 bits per heavy atom. The van der Waals surface area contributed by atoms with Crippen LogP contribution in [0.15, 0.2) is 40.9 Å². The van der Waals surface area contributed by atoms with Gasteiger partial charge in [0.1, 0.15) is 5.69 Å². The standard InChI is InChI=1S/C14H12BrN3O3/c1-8-2-4-10(15)7-12(8)17-14(19)9-3-5-11(16)13(6-9)18(20)21/h2-7H,16H2,1H3,(H,17,19). The van der Waals surface area contributed by atoms with Gasteiger partial charge >= 0.3 is 0 Å². The van der Waals surface area contributed by atoms with Gasteiger partial charge in [-0.2, -0.15) is 0 Å². The highest BCUT2D eigenvalue weighted by Crippen LogP contribution is 2.24. The molecule has 0 saturated heterocycles. The normalized spacial score (nSPS) is 10.2. The van der Waals surface area contributed by atoms with Gasteiger partial charge in [-0.3, -0.25) is 14.9 Å². The molecule has 1 amide bonds. The first kappa shape index (κ1) is 15.0. The number of nitrogen functional groups attached to an aromatic ring is 1. The molecule has 0 atom stereocenters. The summed E-state index contributed by atoms with van der Waals surface area (Å²) in [6.45, 7) is 1.85. The zero-order valence-electron chi connectivity index (χ0n) is 11.1. The highest BCUT2D eigenvalue weighted by atomic mass is 79.9. The van der Waals surface area contributed by atoms with Crippen molar-refractivity contribution in [3.8, 4) is 0 Å². The number of amides is 1. The van der Waals surface area contributed by atoms with E-state index in [2.05, 4.69) is 21.2 Å². The molecule has 0 saturated carbocycles. The largest absolute Gasteiger partial charge is 0.393 e. The first-order valence-electron chi connectivity index (χ1n) is 6.00. The molecule has 2 aromatic rings. The molecule has 21 heavy (non-hydrogen) atoms. The van der Waals surface area contributed by atoms with Crippen molar-refractivity contribution in [3.05, 3.63) is 62.1 Å². The van der Waals surface area contributed by atoms with Gasteiger partial charge in [0.2, 0.25) is 0 Å². The van der Waals surface area contributed by atoms with E-state index < -0.39 is 10.8 Å². The number of nitrogens with one attached hydrogen (secondary N) is 1. The van der Waals surface area contributed by atoms with Crippen LogP contribution >= 0.6 is 15.9 Å². The van der Waals surface area contributed by atoms with E-state index in [1.807, 2.05) is 19.1 Å². The van der Waals surface area contributed by atoms with E-state index in [4.69, 9.17) is 5.73 Å². The molecule has 3 N–H and O–H groups in total. The average molecular weight is 350 g/mol. The van der Waals surface area contributed by atoms with Crippen LogP contribution in [-0.2, 0) is 0 Å². The van der Waals surface area contributed by atoms with Crippen molar-refractivity contribution in [1.29, 1.82) is 0 Å². The van der Waals surface area contributed by atoms with E-state index in [1.54, 1.807) is 6.07 Å². The van der Waals surface area contributed by atoms with Crippen LogP contribution < -0.4 is 11.1 Å². The van der Waals surface area contributed by atoms with Gasteiger partial charge in [-0.25, -0.2) is 0 Å². The first-order valence-corrected chi connectivity index (χ1v) is 6.79. The second kappa shape index (κ2) is 5.92. The van der Waals surface area contributed by atoms with Gasteiger partial charge in [0.15, 0.2) is 0 Å². The summed E-state index contributed by atoms with van der Waals surface area (Å²) in [7, 11) is 0. The van der Waals surface area contributed by atoms with Gasteiger partial charge in [-0.1, -0.05) is 22.0 Å². The lowest BCUT2D eigenvalue weighted by molar-refractivity contribution is -0.383. The number of anilines is 2. The summed E-state index contributed by atoms with van der Waals surface area (Å²) in [5, 5.41) is 13.6. The van der Waals surface area contributed by atoms with Gasteiger partial charge in [-0.05, 0) is 36.8 Å². The van der Waals surface area contributed by atoms with E-state index in [-0.39, 0.29) is 16.9 Å². The number of rotatable bonds is 3. The molecule has 7 heteroatoms. The SMILES string of the molecule is Cc1ccc(Br)cc1NC(=O)c1ccc(N)c([N+](=O)[O-])c1. The predicted octanol–water partition coefficient (Wildman–Crippen LogP) is 3.50. The van der Waals surface area contributed by atoms with Crippen LogP contribution in [0.2, 0.25) is 0 Å². The minimum atomic E-state index is -0.615. The van der Waals surface area contributed by atoms with Crippen molar-refractivity contribution in [2.24, 2.45) is 0 Å². The number of carbonyl (C=O) groups excluding carboxylic acids is 1. The summed E-state index contributed by atoms with van der Waals surface area (Å²) >= 11 is 3.33. The molecular formula is C14H12BrN3O3. The molecular weight excluding hydrogens is 338 g/mol. The molecule has 0 spiro atoms. The highest BCUT2D eigenvalue weighted by Gasteiger charge is 2.16. The van der Waals surface area contributed by atoms with Crippen LogP contribution in [0.4, 0.5) is 17.1 Å². The van der Waals surface area contributed by atoms with Crippen LogP contribution in [-0.4, -0.2) is 10.8 Å². The fraction of sp³-hybridized carbons (Fsp3) is 0.0714. The number of nitrogens with zero attached hydrogens (tertiary/aromatic N) is 1. The third-order valence-electron chi connectivity index (χ3n) is 2.94. The Bertz CT molecular complexity index is 731. The Labute approximate surface area is 129 Å². The van der Waals surface area contributed by atoms with Crippen molar-refractivity contribution < 1.29 is 9.72 Å². The van der Waals surface area contributed by atoms with Gasteiger partial charge in [0, 0.05) is 21.8 Å². The molecule has 0 fully saturated rings. The maximum Gasteiger partial charge on any atom is 0.292 e. The number of nitrogens with two attached hydrogens (primary N) is 1. The lowest BCUT2D eigenvalue weighted by Gasteiger charge is -2.09. The molecule has 0 aliphatic rings. The minimum Gasteiger partial charge on any atom is -0.393 e. The van der Waals surface area contributed by atoms with Gasteiger partial charge in [0.25, 0.3) is 11.6 Å². The fourth-order valence-electron chi connectivity index (χ4n) is 1.77. The molecule has 0 heterocycles. The second-order valence-corrected chi connectivity index (χ2v) is 5.36. The number of hydrogen-bond acceptors (Lipinski definition) is 4. The first-order chi connectivity index (χ1) is 9.88. The molecule has 2 aromatic carbocycles. The van der Waals surface area contributed by atoms with Crippen molar-refractivity contribution in [2.75, 3.05) is 11.1 Å². The van der Waals surface area contributed by atoms with E-state index in [0.29, 0.717) is 5.69 Å². The topological polar surface area (TPSA) is 98.3 Å². The van der Waals surface area contributed by atoms with Crippen LogP contribution in [0.5, 0.6) is 0 Å². The second-order valence-electron chi connectivity index (χ2n) is 4.44. The van der Waals surface area contributed by atoms with Gasteiger partial charge < -0.3 is 11.1 Å². The molecule has 0 aromatic heterocycles. The van der Waals surface area contributed by atoms with Crippen LogP contribution in [0.1, 0.15) is 15.9 Å². The third-order valence-corrected chi connectivity index (χ3v) is 3.43. The summed E-state index contributed by atoms with van der Waals surface area (Å²) in [6, 6.07) is 9.44. The zero-order valence-corrected chi connectivity index (χ0v) is 12.7. The summed E-state index contributed by atoms with van der Waals surface area (Å²) in [4.78, 5) is 22.4. The van der Waals surface area contributed by atoms with E-state index >= 15 is 0 Å². The van der Waals surface area contributed by atoms with E-state index in [9.17, 15) is 14.9 Å². The van der Waals surface area contributed by atoms with Gasteiger partial charge in [0.05, 0.1) is 4.92 Å². The van der Waals surface area contributed by atoms with Gasteiger partial charge in [-0.15, -0.1) is 0 Å². The smallest absolute Gasteiger partial charge is 0.292 e. The number of nitro groups is 1. The van der Waals surface area contributed by atoms with Crippen LogP contribution in [0.3, 0.4) is 0 Å². The Morgan fingerprint density at radius 2 is 2.00 bits per heavy atom. The van der Waals surface area contributed by atoms with Crippen molar-refractivity contribution in [2.45, 2.75) is 6.92 Å².